The number of methoxy groups -OCH3 is 1. The van der Waals surface area contributed by atoms with Gasteiger partial charge in [-0.25, -0.2) is 4.98 Å². The number of carboxylic acids is 1. The Hall–Kier alpha value is -2.58. The first-order chi connectivity index (χ1) is 16.0. The molecule has 33 heavy (non-hydrogen) atoms. The van der Waals surface area contributed by atoms with E-state index in [9.17, 15) is 9.90 Å². The van der Waals surface area contributed by atoms with E-state index < -0.39 is 5.97 Å². The number of aryl methyl sites for hydroxylation is 2. The molecular formula is C25H32N4O3S. The monoisotopic (exact) mass is 468 g/mol. The number of carbonyl (C=O) groups is 1. The molecule has 1 saturated heterocycles. The zero-order valence-corrected chi connectivity index (χ0v) is 20.1. The van der Waals surface area contributed by atoms with Crippen LogP contribution in [0, 0.1) is 11.8 Å². The van der Waals surface area contributed by atoms with Crippen LogP contribution in [0.5, 0.6) is 5.75 Å². The summed E-state index contributed by atoms with van der Waals surface area (Å²) in [5.41, 5.74) is 2.21. The molecule has 0 aliphatic carbocycles. The Balaban J connectivity index is 1.30. The van der Waals surface area contributed by atoms with Crippen LogP contribution in [-0.4, -0.2) is 63.0 Å². The minimum atomic E-state index is -0.664. The molecule has 8 heteroatoms. The van der Waals surface area contributed by atoms with Crippen LogP contribution in [-0.2, 0) is 18.3 Å². The van der Waals surface area contributed by atoms with Gasteiger partial charge < -0.3 is 19.3 Å². The van der Waals surface area contributed by atoms with Gasteiger partial charge in [0.2, 0.25) is 0 Å². The minimum Gasteiger partial charge on any atom is -0.497 e. The summed E-state index contributed by atoms with van der Waals surface area (Å²) in [6.07, 6.45) is 9.30. The number of hydrogen-bond acceptors (Lipinski definition) is 6. The summed E-state index contributed by atoms with van der Waals surface area (Å²) < 4.78 is 7.39. The third kappa shape index (κ3) is 5.86. The highest BCUT2D eigenvalue weighted by Gasteiger charge is 2.33. The molecule has 4 rings (SSSR count). The Morgan fingerprint density at radius 3 is 2.97 bits per heavy atom. The van der Waals surface area contributed by atoms with Crippen LogP contribution in [0.15, 0.2) is 48.0 Å². The molecule has 0 bridgehead atoms. The number of hydrogen-bond donors (Lipinski definition) is 1. The van der Waals surface area contributed by atoms with E-state index in [1.54, 1.807) is 25.2 Å². The third-order valence-corrected chi connectivity index (χ3v) is 7.72. The summed E-state index contributed by atoms with van der Waals surface area (Å²) in [7, 11) is 3.67. The molecule has 2 atom stereocenters. The molecule has 1 aliphatic heterocycles. The van der Waals surface area contributed by atoms with Crippen molar-refractivity contribution in [2.75, 3.05) is 32.5 Å². The van der Waals surface area contributed by atoms with Crippen molar-refractivity contribution in [1.82, 2.24) is 19.4 Å². The normalized spacial score (nSPS) is 19.1. The van der Waals surface area contributed by atoms with E-state index in [2.05, 4.69) is 20.9 Å². The number of nitrogens with zero attached hydrogens (tertiary/aromatic N) is 4. The zero-order valence-electron chi connectivity index (χ0n) is 19.3. The smallest absolute Gasteiger partial charge is 0.308 e. The summed E-state index contributed by atoms with van der Waals surface area (Å²) >= 11 is 1.77. The molecule has 3 aromatic rings. The lowest BCUT2D eigenvalue weighted by atomic mass is 9.81. The van der Waals surface area contributed by atoms with E-state index >= 15 is 0 Å². The predicted octanol–water partition coefficient (Wildman–Crippen LogP) is 4.11. The largest absolute Gasteiger partial charge is 0.497 e. The lowest BCUT2D eigenvalue weighted by Gasteiger charge is -2.36. The van der Waals surface area contributed by atoms with Crippen molar-refractivity contribution in [2.24, 2.45) is 18.9 Å². The van der Waals surface area contributed by atoms with Gasteiger partial charge in [-0.05, 0) is 68.0 Å². The molecule has 7 nitrogen and oxygen atoms in total. The molecule has 0 spiro atoms. The SMILES string of the molecule is COc1ccc2nccc(CCC[C@@H]3CCN(CCSc4cncn4C)C[C@@H]3C(=O)O)c2c1. The maximum Gasteiger partial charge on any atom is 0.308 e. The fourth-order valence-corrected chi connectivity index (χ4v) is 5.69. The lowest BCUT2D eigenvalue weighted by Crippen LogP contribution is -2.44. The molecule has 0 unspecified atom stereocenters. The van der Waals surface area contributed by atoms with E-state index in [0.717, 1.165) is 66.2 Å². The van der Waals surface area contributed by atoms with Crippen LogP contribution in [0.4, 0.5) is 0 Å². The maximum atomic E-state index is 12.0. The number of rotatable bonds is 10. The summed E-state index contributed by atoms with van der Waals surface area (Å²) in [6.45, 7) is 2.51. The van der Waals surface area contributed by atoms with Crippen LogP contribution in [0.2, 0.25) is 0 Å². The number of carboxylic acid groups (broad SMARTS) is 1. The number of aromatic nitrogens is 3. The topological polar surface area (TPSA) is 80.5 Å². The Morgan fingerprint density at radius 2 is 2.21 bits per heavy atom. The van der Waals surface area contributed by atoms with Gasteiger partial charge in [-0.1, -0.05) is 0 Å². The first-order valence-electron chi connectivity index (χ1n) is 11.5. The molecule has 3 heterocycles. The molecule has 1 aromatic carbocycles. The van der Waals surface area contributed by atoms with Crippen molar-refractivity contribution in [2.45, 2.75) is 30.7 Å². The quantitative estimate of drug-likeness (QED) is 0.449. The van der Waals surface area contributed by atoms with Crippen molar-refractivity contribution < 1.29 is 14.6 Å². The molecule has 1 aliphatic rings. The van der Waals surface area contributed by atoms with Crippen LogP contribution in [0.1, 0.15) is 24.8 Å². The Kier molecular flexibility index (Phi) is 7.88. The standard InChI is InChI=1S/C25H32N4O3S/c1-28-17-26-15-24(28)33-13-12-29-11-9-19(22(16-29)25(30)31)5-3-4-18-8-10-27-23-7-6-20(32-2)14-21(18)23/h6-8,10,14-15,17,19,22H,3-5,9,11-13,16H2,1-2H3,(H,30,31)/t19-,22+/m1/s1. The summed E-state index contributed by atoms with van der Waals surface area (Å²) in [5.74, 6) is 1.04. The van der Waals surface area contributed by atoms with Crippen molar-refractivity contribution >= 4 is 28.6 Å². The highest BCUT2D eigenvalue weighted by molar-refractivity contribution is 7.99. The number of thioether (sulfide) groups is 1. The lowest BCUT2D eigenvalue weighted by molar-refractivity contribution is -0.146. The second-order valence-electron chi connectivity index (χ2n) is 8.73. The second kappa shape index (κ2) is 11.0. The molecule has 0 saturated carbocycles. The van der Waals surface area contributed by atoms with Gasteiger partial charge >= 0.3 is 5.97 Å². The van der Waals surface area contributed by atoms with Crippen molar-refractivity contribution in [3.8, 4) is 5.75 Å². The average Bonchev–Trinajstić information content (AvgIpc) is 3.24. The van der Waals surface area contributed by atoms with Crippen molar-refractivity contribution in [1.29, 1.82) is 0 Å². The van der Waals surface area contributed by atoms with E-state index in [4.69, 9.17) is 4.74 Å². The number of fused-ring (bicyclic) bond motifs is 1. The van der Waals surface area contributed by atoms with E-state index in [-0.39, 0.29) is 11.8 Å². The van der Waals surface area contributed by atoms with Crippen LogP contribution < -0.4 is 4.74 Å². The summed E-state index contributed by atoms with van der Waals surface area (Å²) in [5, 5.41) is 12.1. The van der Waals surface area contributed by atoms with Gasteiger partial charge in [0.05, 0.1) is 36.1 Å². The number of pyridine rings is 1. The predicted molar refractivity (Wildman–Crippen MR) is 131 cm³/mol. The Morgan fingerprint density at radius 1 is 1.33 bits per heavy atom. The highest BCUT2D eigenvalue weighted by Crippen LogP contribution is 2.30. The molecule has 0 radical (unpaired) electrons. The van der Waals surface area contributed by atoms with E-state index in [1.165, 1.54) is 5.56 Å². The minimum absolute atomic E-state index is 0.228. The average molecular weight is 469 g/mol. The summed E-state index contributed by atoms with van der Waals surface area (Å²) in [4.78, 5) is 22.9. The highest BCUT2D eigenvalue weighted by atomic mass is 32.2. The number of piperidine rings is 1. The zero-order chi connectivity index (χ0) is 23.2. The van der Waals surface area contributed by atoms with Gasteiger partial charge in [0, 0.05) is 37.5 Å². The molecular weight excluding hydrogens is 436 g/mol. The number of aliphatic carboxylic acids is 1. The van der Waals surface area contributed by atoms with Crippen molar-refractivity contribution in [3.63, 3.8) is 0 Å². The molecule has 1 fully saturated rings. The number of benzene rings is 1. The molecule has 0 amide bonds. The van der Waals surface area contributed by atoms with Gasteiger partial charge in [0.1, 0.15) is 5.75 Å². The third-order valence-electron chi connectivity index (χ3n) is 6.65. The first-order valence-corrected chi connectivity index (χ1v) is 12.5. The van der Waals surface area contributed by atoms with Crippen LogP contribution in [0.25, 0.3) is 10.9 Å². The van der Waals surface area contributed by atoms with Gasteiger partial charge in [-0.2, -0.15) is 0 Å². The Labute approximate surface area is 199 Å². The number of imidazole rings is 1. The van der Waals surface area contributed by atoms with Crippen LogP contribution in [0.3, 0.4) is 0 Å². The number of likely N-dealkylation sites (tertiary alicyclic amines) is 1. The number of ether oxygens (including phenoxy) is 1. The molecule has 176 valence electrons. The van der Waals surface area contributed by atoms with Crippen molar-refractivity contribution in [3.05, 3.63) is 48.5 Å². The van der Waals surface area contributed by atoms with E-state index in [1.807, 2.05) is 42.2 Å². The fourth-order valence-electron chi connectivity index (χ4n) is 4.74. The molecule has 1 N–H and O–H groups in total. The molecule has 2 aromatic heterocycles. The van der Waals surface area contributed by atoms with Gasteiger partial charge in [0.25, 0.3) is 0 Å². The van der Waals surface area contributed by atoms with E-state index in [0.29, 0.717) is 6.54 Å². The van der Waals surface area contributed by atoms with Gasteiger partial charge in [-0.15, -0.1) is 11.8 Å². The Bertz CT molecular complexity index is 1090. The van der Waals surface area contributed by atoms with Gasteiger partial charge in [-0.3, -0.25) is 9.78 Å². The maximum absolute atomic E-state index is 12.0. The second-order valence-corrected chi connectivity index (χ2v) is 9.85. The first kappa shape index (κ1) is 23.6. The van der Waals surface area contributed by atoms with Gasteiger partial charge in [0.15, 0.2) is 0 Å². The summed E-state index contributed by atoms with van der Waals surface area (Å²) in [6, 6.07) is 8.03. The van der Waals surface area contributed by atoms with Crippen LogP contribution >= 0.6 is 11.8 Å². The fraction of sp³-hybridized carbons (Fsp3) is 0.480.